The van der Waals surface area contributed by atoms with Crippen LogP contribution in [0.3, 0.4) is 0 Å². The van der Waals surface area contributed by atoms with Crippen LogP contribution in [0, 0.1) is 0 Å². The van der Waals surface area contributed by atoms with Crippen LogP contribution in [0.1, 0.15) is 43.7 Å². The molecule has 0 bridgehead atoms. The van der Waals surface area contributed by atoms with Crippen LogP contribution >= 0.6 is 23.2 Å². The van der Waals surface area contributed by atoms with Crippen molar-refractivity contribution in [2.75, 3.05) is 17.1 Å². The normalized spacial score (nSPS) is 14.3. The number of nitrogens with zero attached hydrogens (tertiary/aromatic N) is 2. The minimum Gasteiger partial charge on any atom is -0.489 e. The lowest BCUT2D eigenvalue weighted by atomic mass is 10.1. The van der Waals surface area contributed by atoms with Gasteiger partial charge in [0, 0.05) is 12.6 Å². The number of halogens is 2. The topological polar surface area (TPSA) is 96.0 Å². The summed E-state index contributed by atoms with van der Waals surface area (Å²) in [5, 5.41) is 3.72. The Morgan fingerprint density at radius 2 is 1.62 bits per heavy atom. The minimum absolute atomic E-state index is 0.0405. The van der Waals surface area contributed by atoms with Crippen LogP contribution < -0.4 is 14.4 Å². The molecule has 8 nitrogen and oxygen atoms in total. The summed E-state index contributed by atoms with van der Waals surface area (Å²) >= 11 is 12.3. The maximum Gasteiger partial charge on any atom is 0.244 e. The van der Waals surface area contributed by atoms with Crippen molar-refractivity contribution in [2.45, 2.75) is 57.8 Å². The van der Waals surface area contributed by atoms with E-state index in [0.29, 0.717) is 33.7 Å². The molecule has 0 spiro atoms. The third kappa shape index (κ3) is 8.63. The number of amides is 2. The number of hydrogen-bond donors (Lipinski definition) is 1. The zero-order chi connectivity index (χ0) is 30.3. The fraction of sp³-hybridized carbons (Fsp3) is 0.355. The van der Waals surface area contributed by atoms with Crippen molar-refractivity contribution in [2.24, 2.45) is 0 Å². The Hall–Kier alpha value is -3.27. The van der Waals surface area contributed by atoms with Gasteiger partial charge in [-0.05, 0) is 67.3 Å². The van der Waals surface area contributed by atoms with Crippen molar-refractivity contribution in [1.29, 1.82) is 0 Å². The first kappa shape index (κ1) is 31.7. The van der Waals surface area contributed by atoms with Crippen molar-refractivity contribution >= 4 is 50.7 Å². The molecule has 1 fully saturated rings. The lowest BCUT2D eigenvalue weighted by Crippen LogP contribution is -2.52. The average molecular weight is 633 g/mol. The molecule has 1 N–H and O–H groups in total. The fourth-order valence-corrected chi connectivity index (χ4v) is 6.04. The van der Waals surface area contributed by atoms with E-state index >= 15 is 0 Å². The molecule has 1 atom stereocenters. The van der Waals surface area contributed by atoms with Crippen LogP contribution in [-0.2, 0) is 32.8 Å². The Balaban J connectivity index is 1.53. The van der Waals surface area contributed by atoms with E-state index in [2.05, 4.69) is 5.32 Å². The molecule has 1 aliphatic carbocycles. The van der Waals surface area contributed by atoms with Gasteiger partial charge in [0.15, 0.2) is 0 Å². The van der Waals surface area contributed by atoms with Gasteiger partial charge in [0.1, 0.15) is 24.9 Å². The largest absolute Gasteiger partial charge is 0.489 e. The van der Waals surface area contributed by atoms with Crippen LogP contribution in [0.15, 0.2) is 72.8 Å². The number of benzene rings is 3. The summed E-state index contributed by atoms with van der Waals surface area (Å²) in [6, 6.07) is 20.4. The third-order valence-electron chi connectivity index (χ3n) is 7.26. The van der Waals surface area contributed by atoms with Crippen molar-refractivity contribution < 1.29 is 22.7 Å². The highest BCUT2D eigenvalue weighted by atomic mass is 35.5. The van der Waals surface area contributed by atoms with E-state index in [1.54, 1.807) is 49.4 Å². The highest BCUT2D eigenvalue weighted by molar-refractivity contribution is 7.92. The summed E-state index contributed by atoms with van der Waals surface area (Å²) in [5.41, 5.74) is 1.96. The second-order valence-electron chi connectivity index (χ2n) is 10.5. The lowest BCUT2D eigenvalue weighted by molar-refractivity contribution is -0.139. The molecule has 0 heterocycles. The Morgan fingerprint density at radius 1 is 0.952 bits per heavy atom. The van der Waals surface area contributed by atoms with Gasteiger partial charge in [-0.2, -0.15) is 0 Å². The quantitative estimate of drug-likeness (QED) is 0.272. The van der Waals surface area contributed by atoms with Crippen molar-refractivity contribution in [3.8, 4) is 5.75 Å². The van der Waals surface area contributed by atoms with Crippen LogP contribution in [-0.4, -0.2) is 50.0 Å². The number of ether oxygens (including phenoxy) is 1. The van der Waals surface area contributed by atoms with Gasteiger partial charge in [-0.25, -0.2) is 8.42 Å². The minimum atomic E-state index is -3.86. The van der Waals surface area contributed by atoms with Gasteiger partial charge in [0.2, 0.25) is 21.8 Å². The van der Waals surface area contributed by atoms with E-state index in [1.165, 1.54) is 4.90 Å². The number of nitrogens with one attached hydrogen (secondary N) is 1. The highest BCUT2D eigenvalue weighted by Gasteiger charge is 2.31. The second kappa shape index (κ2) is 14.3. The van der Waals surface area contributed by atoms with Crippen LogP contribution in [0.4, 0.5) is 5.69 Å². The number of hydrogen-bond acceptors (Lipinski definition) is 5. The van der Waals surface area contributed by atoms with E-state index in [4.69, 9.17) is 27.9 Å². The zero-order valence-corrected chi connectivity index (χ0v) is 26.0. The molecule has 0 aromatic heterocycles. The average Bonchev–Trinajstić information content (AvgIpc) is 3.48. The summed E-state index contributed by atoms with van der Waals surface area (Å²) in [7, 11) is -3.86. The van der Waals surface area contributed by atoms with E-state index in [0.717, 1.165) is 41.8 Å². The van der Waals surface area contributed by atoms with E-state index in [-0.39, 0.29) is 18.5 Å². The molecule has 1 unspecified atom stereocenters. The Morgan fingerprint density at radius 3 is 2.24 bits per heavy atom. The molecule has 3 aromatic rings. The van der Waals surface area contributed by atoms with Crippen LogP contribution in [0.25, 0.3) is 0 Å². The second-order valence-corrected chi connectivity index (χ2v) is 13.2. The number of sulfonamides is 1. The summed E-state index contributed by atoms with van der Waals surface area (Å²) in [5.74, 6) is -0.271. The predicted molar refractivity (Wildman–Crippen MR) is 166 cm³/mol. The van der Waals surface area contributed by atoms with E-state index in [9.17, 15) is 18.0 Å². The summed E-state index contributed by atoms with van der Waals surface area (Å²) in [6.45, 7) is 1.55. The number of rotatable bonds is 12. The number of carbonyl (C=O) groups excluding carboxylic acids is 2. The third-order valence-corrected chi connectivity index (χ3v) is 9.14. The van der Waals surface area contributed by atoms with Gasteiger partial charge >= 0.3 is 0 Å². The fourth-order valence-electron chi connectivity index (χ4n) is 4.87. The van der Waals surface area contributed by atoms with Crippen LogP contribution in [0.2, 0.25) is 10.0 Å². The monoisotopic (exact) mass is 631 g/mol. The molecule has 2 amide bonds. The molecule has 11 heteroatoms. The Kier molecular flexibility index (Phi) is 10.8. The molecule has 0 aliphatic heterocycles. The zero-order valence-electron chi connectivity index (χ0n) is 23.6. The first-order valence-corrected chi connectivity index (χ1v) is 16.4. The molecule has 1 saturated carbocycles. The molecule has 3 aromatic carbocycles. The van der Waals surface area contributed by atoms with Gasteiger partial charge in [-0.1, -0.05) is 72.4 Å². The van der Waals surface area contributed by atoms with Crippen molar-refractivity contribution in [3.63, 3.8) is 0 Å². The van der Waals surface area contributed by atoms with Gasteiger partial charge < -0.3 is 15.0 Å². The van der Waals surface area contributed by atoms with Gasteiger partial charge in [-0.15, -0.1) is 0 Å². The first-order valence-electron chi connectivity index (χ1n) is 13.8. The molecule has 42 heavy (non-hydrogen) atoms. The molecule has 1 aliphatic rings. The molecule has 0 saturated heterocycles. The summed E-state index contributed by atoms with van der Waals surface area (Å²) in [6.07, 6.45) is 4.92. The number of anilines is 1. The SMILES string of the molecule is CC(C(=O)NC1CCCC1)N(Cc1ccc(Cl)c(Cl)c1)C(=O)CN(c1ccc(OCc2ccccc2)cc1)S(C)(=O)=O. The summed E-state index contributed by atoms with van der Waals surface area (Å²) < 4.78 is 32.6. The predicted octanol–water partition coefficient (Wildman–Crippen LogP) is 5.81. The molecular formula is C31H35Cl2N3O5S. The van der Waals surface area contributed by atoms with E-state index in [1.807, 2.05) is 30.3 Å². The molecular weight excluding hydrogens is 597 g/mol. The van der Waals surface area contributed by atoms with Crippen molar-refractivity contribution in [3.05, 3.63) is 94.0 Å². The maximum atomic E-state index is 13.8. The van der Waals surface area contributed by atoms with Crippen LogP contribution in [0.5, 0.6) is 5.75 Å². The molecule has 4 rings (SSSR count). The first-order chi connectivity index (χ1) is 20.0. The Bertz CT molecular complexity index is 1480. The maximum absolute atomic E-state index is 13.8. The lowest BCUT2D eigenvalue weighted by Gasteiger charge is -2.32. The summed E-state index contributed by atoms with van der Waals surface area (Å²) in [4.78, 5) is 28.4. The number of carbonyl (C=O) groups is 2. The van der Waals surface area contributed by atoms with Crippen molar-refractivity contribution in [1.82, 2.24) is 10.2 Å². The highest BCUT2D eigenvalue weighted by Crippen LogP contribution is 2.26. The smallest absolute Gasteiger partial charge is 0.244 e. The molecule has 224 valence electrons. The van der Waals surface area contributed by atoms with E-state index < -0.39 is 28.5 Å². The van der Waals surface area contributed by atoms with Gasteiger partial charge in [0.25, 0.3) is 0 Å². The van der Waals surface area contributed by atoms with Gasteiger partial charge in [-0.3, -0.25) is 13.9 Å². The Labute approximate surface area is 257 Å². The van der Waals surface area contributed by atoms with Gasteiger partial charge in [0.05, 0.1) is 22.0 Å². The standard InChI is InChI=1S/C31H35Cl2N3O5S/c1-22(31(38)34-25-10-6-7-11-25)35(19-24-12-17-28(32)29(33)18-24)30(37)20-36(42(2,39)40)26-13-15-27(16-14-26)41-21-23-8-4-3-5-9-23/h3-5,8-9,12-18,22,25H,6-7,10-11,19-21H2,1-2H3,(H,34,38). The molecule has 0 radical (unpaired) electrons.